The largest absolute Gasteiger partial charge is 0.490 e. The standard InChI is InChI=1S/C21H28N4O3/c1-4-27-19-14-17(6-7-18(19)28-15-16(2)3)20(26)24-10-12-25(13-11-24)21-22-8-5-9-23-21/h5-9,14,16H,4,10-13,15H2,1-3H3. The van der Waals surface area contributed by atoms with Gasteiger partial charge in [-0.15, -0.1) is 0 Å². The van der Waals surface area contributed by atoms with Gasteiger partial charge in [0.2, 0.25) is 5.95 Å². The number of amides is 1. The van der Waals surface area contributed by atoms with Crippen LogP contribution in [0.4, 0.5) is 5.95 Å². The maximum atomic E-state index is 13.0. The molecule has 1 aromatic heterocycles. The van der Waals surface area contributed by atoms with Gasteiger partial charge >= 0.3 is 0 Å². The average molecular weight is 384 g/mol. The van der Waals surface area contributed by atoms with Crippen molar-refractivity contribution in [1.29, 1.82) is 0 Å². The summed E-state index contributed by atoms with van der Waals surface area (Å²) in [4.78, 5) is 25.5. The molecule has 7 heteroatoms. The Balaban J connectivity index is 1.66. The zero-order chi connectivity index (χ0) is 19.9. The first-order chi connectivity index (χ1) is 13.6. The first-order valence-electron chi connectivity index (χ1n) is 9.79. The van der Waals surface area contributed by atoms with Gasteiger partial charge in [-0.3, -0.25) is 4.79 Å². The molecule has 1 aliphatic rings. The van der Waals surface area contributed by atoms with E-state index in [4.69, 9.17) is 9.47 Å². The summed E-state index contributed by atoms with van der Waals surface area (Å²) in [6, 6.07) is 7.23. The zero-order valence-electron chi connectivity index (χ0n) is 16.8. The van der Waals surface area contributed by atoms with Gasteiger partial charge in [0.05, 0.1) is 13.2 Å². The second kappa shape index (κ2) is 9.39. The van der Waals surface area contributed by atoms with Crippen LogP contribution in [0.25, 0.3) is 0 Å². The number of rotatable bonds is 7. The monoisotopic (exact) mass is 384 g/mol. The van der Waals surface area contributed by atoms with Gasteiger partial charge in [-0.1, -0.05) is 13.8 Å². The van der Waals surface area contributed by atoms with Gasteiger partial charge in [0.15, 0.2) is 11.5 Å². The smallest absolute Gasteiger partial charge is 0.254 e. The molecule has 7 nitrogen and oxygen atoms in total. The van der Waals surface area contributed by atoms with Gasteiger partial charge in [0, 0.05) is 44.1 Å². The molecule has 2 aromatic rings. The summed E-state index contributed by atoms with van der Waals surface area (Å²) in [6.45, 7) is 9.93. The second-order valence-corrected chi connectivity index (χ2v) is 7.13. The lowest BCUT2D eigenvalue weighted by Crippen LogP contribution is -2.49. The number of anilines is 1. The number of hydrogen-bond donors (Lipinski definition) is 0. The molecule has 0 radical (unpaired) electrons. The molecule has 2 heterocycles. The highest BCUT2D eigenvalue weighted by molar-refractivity contribution is 5.95. The summed E-state index contributed by atoms with van der Waals surface area (Å²) in [5, 5.41) is 0. The van der Waals surface area contributed by atoms with Gasteiger partial charge in [-0.05, 0) is 37.1 Å². The van der Waals surface area contributed by atoms with Crippen LogP contribution in [-0.2, 0) is 0 Å². The van der Waals surface area contributed by atoms with E-state index < -0.39 is 0 Å². The lowest BCUT2D eigenvalue weighted by atomic mass is 10.1. The Morgan fingerprint density at radius 3 is 2.43 bits per heavy atom. The fraction of sp³-hybridized carbons (Fsp3) is 0.476. The second-order valence-electron chi connectivity index (χ2n) is 7.13. The van der Waals surface area contributed by atoms with Crippen LogP contribution in [-0.4, -0.2) is 60.2 Å². The molecule has 0 N–H and O–H groups in total. The van der Waals surface area contributed by atoms with Gasteiger partial charge in [0.1, 0.15) is 0 Å². The normalized spacial score (nSPS) is 14.3. The number of ether oxygens (including phenoxy) is 2. The van der Waals surface area contributed by atoms with E-state index in [1.54, 1.807) is 24.5 Å². The average Bonchev–Trinajstić information content (AvgIpc) is 2.73. The van der Waals surface area contributed by atoms with Crippen molar-refractivity contribution in [3.05, 3.63) is 42.2 Å². The highest BCUT2D eigenvalue weighted by Crippen LogP contribution is 2.29. The quantitative estimate of drug-likeness (QED) is 0.731. The lowest BCUT2D eigenvalue weighted by molar-refractivity contribution is 0.0745. The molecule has 0 spiro atoms. The van der Waals surface area contributed by atoms with Crippen molar-refractivity contribution in [2.75, 3.05) is 44.3 Å². The molecule has 0 aliphatic carbocycles. The number of carbonyl (C=O) groups is 1. The molecule has 28 heavy (non-hydrogen) atoms. The summed E-state index contributed by atoms with van der Waals surface area (Å²) < 4.78 is 11.5. The van der Waals surface area contributed by atoms with E-state index in [1.165, 1.54) is 0 Å². The number of hydrogen-bond acceptors (Lipinski definition) is 6. The first-order valence-corrected chi connectivity index (χ1v) is 9.79. The summed E-state index contributed by atoms with van der Waals surface area (Å²) in [5.41, 5.74) is 0.616. The Bertz CT molecular complexity index is 774. The Morgan fingerprint density at radius 2 is 1.79 bits per heavy atom. The third-order valence-electron chi connectivity index (χ3n) is 4.46. The van der Waals surface area contributed by atoms with Crippen LogP contribution >= 0.6 is 0 Å². The molecule has 1 fully saturated rings. The Kier molecular flexibility index (Phi) is 6.68. The maximum absolute atomic E-state index is 13.0. The number of benzene rings is 1. The number of piperazine rings is 1. The van der Waals surface area contributed by atoms with Crippen molar-refractivity contribution in [3.63, 3.8) is 0 Å². The number of carbonyl (C=O) groups excluding carboxylic acids is 1. The van der Waals surface area contributed by atoms with Crippen molar-refractivity contribution < 1.29 is 14.3 Å². The third kappa shape index (κ3) is 4.91. The van der Waals surface area contributed by atoms with Crippen LogP contribution < -0.4 is 14.4 Å². The van der Waals surface area contributed by atoms with E-state index in [2.05, 4.69) is 28.7 Å². The van der Waals surface area contributed by atoms with Crippen LogP contribution in [0.2, 0.25) is 0 Å². The van der Waals surface area contributed by atoms with Crippen molar-refractivity contribution >= 4 is 11.9 Å². The molecular weight excluding hydrogens is 356 g/mol. The predicted octanol–water partition coefficient (Wildman–Crippen LogP) is 2.87. The highest BCUT2D eigenvalue weighted by atomic mass is 16.5. The minimum Gasteiger partial charge on any atom is -0.490 e. The maximum Gasteiger partial charge on any atom is 0.254 e. The van der Waals surface area contributed by atoms with Crippen LogP contribution in [0.1, 0.15) is 31.1 Å². The first kappa shape index (κ1) is 19.9. The zero-order valence-corrected chi connectivity index (χ0v) is 16.8. The molecule has 1 saturated heterocycles. The fourth-order valence-electron chi connectivity index (χ4n) is 3.03. The molecule has 1 amide bonds. The minimum absolute atomic E-state index is 0.00462. The lowest BCUT2D eigenvalue weighted by Gasteiger charge is -2.34. The molecule has 0 unspecified atom stereocenters. The van der Waals surface area contributed by atoms with Crippen LogP contribution in [0.15, 0.2) is 36.7 Å². The molecule has 1 aliphatic heterocycles. The molecule has 0 atom stereocenters. The van der Waals surface area contributed by atoms with E-state index in [1.807, 2.05) is 24.0 Å². The Labute approximate surface area is 166 Å². The van der Waals surface area contributed by atoms with E-state index in [9.17, 15) is 4.79 Å². The molecule has 150 valence electrons. The summed E-state index contributed by atoms with van der Waals surface area (Å²) in [5.74, 6) is 2.43. The van der Waals surface area contributed by atoms with E-state index in [-0.39, 0.29) is 5.91 Å². The Hall–Kier alpha value is -2.83. The van der Waals surface area contributed by atoms with Crippen molar-refractivity contribution in [1.82, 2.24) is 14.9 Å². The van der Waals surface area contributed by atoms with E-state index >= 15 is 0 Å². The van der Waals surface area contributed by atoms with E-state index in [0.717, 1.165) is 0 Å². The van der Waals surface area contributed by atoms with E-state index in [0.29, 0.717) is 68.3 Å². The van der Waals surface area contributed by atoms with Crippen molar-refractivity contribution in [3.8, 4) is 11.5 Å². The topological polar surface area (TPSA) is 67.8 Å². The Morgan fingerprint density at radius 1 is 1.07 bits per heavy atom. The van der Waals surface area contributed by atoms with Crippen LogP contribution in [0.5, 0.6) is 11.5 Å². The summed E-state index contributed by atoms with van der Waals surface area (Å²) in [7, 11) is 0. The molecule has 3 rings (SSSR count). The molecule has 0 bridgehead atoms. The van der Waals surface area contributed by atoms with Crippen molar-refractivity contribution in [2.24, 2.45) is 5.92 Å². The van der Waals surface area contributed by atoms with Gasteiger partial charge in [0.25, 0.3) is 5.91 Å². The van der Waals surface area contributed by atoms with Gasteiger partial charge < -0.3 is 19.3 Å². The van der Waals surface area contributed by atoms with Crippen molar-refractivity contribution in [2.45, 2.75) is 20.8 Å². The number of nitrogens with zero attached hydrogens (tertiary/aromatic N) is 4. The molecular formula is C21H28N4O3. The third-order valence-corrected chi connectivity index (χ3v) is 4.46. The number of aromatic nitrogens is 2. The fourth-order valence-corrected chi connectivity index (χ4v) is 3.03. The summed E-state index contributed by atoms with van der Waals surface area (Å²) in [6.07, 6.45) is 3.47. The minimum atomic E-state index is 0.00462. The van der Waals surface area contributed by atoms with Crippen LogP contribution in [0, 0.1) is 5.92 Å². The van der Waals surface area contributed by atoms with Gasteiger partial charge in [-0.25, -0.2) is 9.97 Å². The summed E-state index contributed by atoms with van der Waals surface area (Å²) >= 11 is 0. The highest BCUT2D eigenvalue weighted by Gasteiger charge is 2.24. The van der Waals surface area contributed by atoms with Gasteiger partial charge in [-0.2, -0.15) is 0 Å². The SMILES string of the molecule is CCOc1cc(C(=O)N2CCN(c3ncccn3)CC2)ccc1OCC(C)C. The molecule has 0 saturated carbocycles. The van der Waals surface area contributed by atoms with Crippen LogP contribution in [0.3, 0.4) is 0 Å². The predicted molar refractivity (Wildman–Crippen MR) is 108 cm³/mol. The molecule has 1 aromatic carbocycles.